The minimum absolute atomic E-state index is 0.100. The second-order valence-electron chi connectivity index (χ2n) is 8.47. The van der Waals surface area contributed by atoms with E-state index in [4.69, 9.17) is 0 Å². The van der Waals surface area contributed by atoms with E-state index in [1.54, 1.807) is 5.01 Å². The van der Waals surface area contributed by atoms with Crippen LogP contribution in [0.5, 0.6) is 0 Å². The zero-order chi connectivity index (χ0) is 27.0. The SMILES string of the molecule is C=C1/C=C\C=C/C/C(C)=C(/C(=O)NCCN2C=C(C(=O)NC(C#N)c3ccc(C(F)(F)F)cc3)NN2)C1. The fourth-order valence-electron chi connectivity index (χ4n) is 3.60. The summed E-state index contributed by atoms with van der Waals surface area (Å²) in [7, 11) is 0. The van der Waals surface area contributed by atoms with E-state index in [-0.39, 0.29) is 23.7 Å². The molecule has 0 fully saturated rings. The molecule has 1 aliphatic carbocycles. The number of benzene rings is 1. The minimum Gasteiger partial charge on any atom is -0.350 e. The first-order valence-electron chi connectivity index (χ1n) is 11.4. The first kappa shape index (κ1) is 27.3. The number of nitrogens with one attached hydrogen (secondary N) is 4. The van der Waals surface area contributed by atoms with E-state index in [9.17, 15) is 28.0 Å². The average Bonchev–Trinajstić information content (AvgIpc) is 3.35. The molecule has 0 saturated heterocycles. The number of halogens is 3. The number of amides is 2. The number of alkyl halides is 3. The molecule has 4 N–H and O–H groups in total. The van der Waals surface area contributed by atoms with Crippen LogP contribution in [0.4, 0.5) is 13.2 Å². The maximum absolute atomic E-state index is 12.8. The molecule has 0 spiro atoms. The third-order valence-electron chi connectivity index (χ3n) is 5.67. The highest BCUT2D eigenvalue weighted by atomic mass is 19.4. The van der Waals surface area contributed by atoms with Gasteiger partial charge in [0.25, 0.3) is 5.91 Å². The van der Waals surface area contributed by atoms with Crippen LogP contribution >= 0.6 is 0 Å². The Kier molecular flexibility index (Phi) is 8.92. The van der Waals surface area contributed by atoms with Crippen molar-refractivity contribution >= 4 is 11.8 Å². The van der Waals surface area contributed by atoms with Crippen LogP contribution in [-0.2, 0) is 15.8 Å². The van der Waals surface area contributed by atoms with Crippen LogP contribution in [-0.4, -0.2) is 29.9 Å². The third-order valence-corrected chi connectivity index (χ3v) is 5.67. The topological polar surface area (TPSA) is 109 Å². The molecule has 0 saturated carbocycles. The zero-order valence-corrected chi connectivity index (χ0v) is 20.2. The Morgan fingerprint density at radius 2 is 1.95 bits per heavy atom. The van der Waals surface area contributed by atoms with Crippen LogP contribution < -0.4 is 21.6 Å². The van der Waals surface area contributed by atoms with E-state index in [1.165, 1.54) is 6.20 Å². The summed E-state index contributed by atoms with van der Waals surface area (Å²) in [4.78, 5) is 25.3. The molecule has 2 amide bonds. The van der Waals surface area contributed by atoms with Gasteiger partial charge in [-0.15, -0.1) is 5.53 Å². The van der Waals surface area contributed by atoms with E-state index in [0.29, 0.717) is 25.0 Å². The van der Waals surface area contributed by atoms with Crippen molar-refractivity contribution < 1.29 is 22.8 Å². The van der Waals surface area contributed by atoms with Gasteiger partial charge in [0.15, 0.2) is 0 Å². The van der Waals surface area contributed by atoms with Crippen LogP contribution in [0.2, 0.25) is 0 Å². The number of hydrogen-bond donors (Lipinski definition) is 4. The Balaban J connectivity index is 1.53. The van der Waals surface area contributed by atoms with Crippen molar-refractivity contribution in [2.45, 2.75) is 32.0 Å². The molecule has 8 nitrogen and oxygen atoms in total. The van der Waals surface area contributed by atoms with E-state index in [2.05, 4.69) is 28.2 Å². The number of hydrogen-bond acceptors (Lipinski definition) is 6. The number of rotatable bonds is 7. The first-order chi connectivity index (χ1) is 17.6. The van der Waals surface area contributed by atoms with Crippen molar-refractivity contribution in [2.24, 2.45) is 0 Å². The van der Waals surface area contributed by atoms with E-state index in [0.717, 1.165) is 35.4 Å². The van der Waals surface area contributed by atoms with Crippen molar-refractivity contribution in [3.63, 3.8) is 0 Å². The van der Waals surface area contributed by atoms with Crippen molar-refractivity contribution in [1.29, 1.82) is 5.26 Å². The smallest absolute Gasteiger partial charge is 0.350 e. The van der Waals surface area contributed by atoms with Gasteiger partial charge in [0.1, 0.15) is 11.7 Å². The van der Waals surface area contributed by atoms with Crippen LogP contribution in [0, 0.1) is 11.3 Å². The van der Waals surface area contributed by atoms with Gasteiger partial charge in [-0.05, 0) is 31.0 Å². The van der Waals surface area contributed by atoms with Crippen LogP contribution in [0.3, 0.4) is 0 Å². The monoisotopic (exact) mass is 512 g/mol. The molecule has 0 bridgehead atoms. The fraction of sp³-hybridized carbons (Fsp3) is 0.269. The molecular weight excluding hydrogens is 485 g/mol. The van der Waals surface area contributed by atoms with Crippen LogP contribution in [0.1, 0.15) is 36.9 Å². The predicted octanol–water partition coefficient (Wildman–Crippen LogP) is 3.45. The minimum atomic E-state index is -4.50. The number of hydrazine groups is 2. The van der Waals surface area contributed by atoms with Gasteiger partial charge in [0.2, 0.25) is 5.91 Å². The molecule has 0 radical (unpaired) electrons. The summed E-state index contributed by atoms with van der Waals surface area (Å²) in [5.74, 6) is -0.818. The summed E-state index contributed by atoms with van der Waals surface area (Å²) in [6.45, 7) is 6.49. The standard InChI is InChI=1S/C26H27F3N6O2/c1-17-6-4-3-5-7-18(2)21(14-17)24(36)31-12-13-35-16-23(33-34-35)25(37)32-22(15-30)19-8-10-20(11-9-19)26(27,28)29/h3-6,8-11,16,22,33-34H,1,7,12-14H2,2H3,(H,31,36)(H,32,37)/b5-3-,6-4-,21-18+. The fourth-order valence-corrected chi connectivity index (χ4v) is 3.60. The maximum atomic E-state index is 12.8. The lowest BCUT2D eigenvalue weighted by Crippen LogP contribution is -2.42. The Labute approximate surface area is 212 Å². The Morgan fingerprint density at radius 1 is 1.22 bits per heavy atom. The number of nitriles is 1. The van der Waals surface area contributed by atoms with Gasteiger partial charge in [0.05, 0.1) is 18.2 Å². The molecule has 3 rings (SSSR count). The predicted molar refractivity (Wildman–Crippen MR) is 131 cm³/mol. The largest absolute Gasteiger partial charge is 0.416 e. The van der Waals surface area contributed by atoms with Gasteiger partial charge in [-0.3, -0.25) is 20.0 Å². The molecule has 1 heterocycles. The normalized spacial score (nSPS) is 20.4. The molecule has 194 valence electrons. The van der Waals surface area contributed by atoms with E-state index < -0.39 is 23.7 Å². The van der Waals surface area contributed by atoms with E-state index in [1.807, 2.05) is 37.3 Å². The molecule has 1 aromatic rings. The molecule has 2 aliphatic rings. The van der Waals surface area contributed by atoms with Crippen molar-refractivity contribution in [2.75, 3.05) is 13.1 Å². The highest BCUT2D eigenvalue weighted by Crippen LogP contribution is 2.30. The quantitative estimate of drug-likeness (QED) is 0.446. The number of allylic oxidation sites excluding steroid dienone is 6. The summed E-state index contributed by atoms with van der Waals surface area (Å²) >= 11 is 0. The van der Waals surface area contributed by atoms with Gasteiger partial charge in [-0.25, -0.2) is 0 Å². The van der Waals surface area contributed by atoms with Gasteiger partial charge < -0.3 is 10.6 Å². The molecule has 0 aromatic heterocycles. The Hall–Kier alpha value is -4.30. The molecule has 37 heavy (non-hydrogen) atoms. The lowest BCUT2D eigenvalue weighted by molar-refractivity contribution is -0.137. The second kappa shape index (κ2) is 12.1. The first-order valence-corrected chi connectivity index (χ1v) is 11.4. The summed E-state index contributed by atoms with van der Waals surface area (Å²) in [6, 6.07) is 4.74. The van der Waals surface area contributed by atoms with Crippen LogP contribution in [0.15, 0.2) is 83.8 Å². The van der Waals surface area contributed by atoms with Gasteiger partial charge >= 0.3 is 6.18 Å². The second-order valence-corrected chi connectivity index (χ2v) is 8.47. The van der Waals surface area contributed by atoms with Crippen LogP contribution in [0.25, 0.3) is 0 Å². The summed E-state index contributed by atoms with van der Waals surface area (Å²) in [6.07, 6.45) is 5.74. The Morgan fingerprint density at radius 3 is 2.62 bits per heavy atom. The summed E-state index contributed by atoms with van der Waals surface area (Å²) in [5, 5.41) is 16.3. The highest BCUT2D eigenvalue weighted by Gasteiger charge is 2.30. The molecule has 1 atom stereocenters. The Bertz CT molecular complexity index is 1210. The van der Waals surface area contributed by atoms with Crippen molar-refractivity contribution in [3.8, 4) is 6.07 Å². The van der Waals surface area contributed by atoms with Gasteiger partial charge in [-0.2, -0.15) is 18.4 Å². The van der Waals surface area contributed by atoms with Gasteiger partial charge in [0, 0.05) is 24.7 Å². The average molecular weight is 513 g/mol. The molecule has 1 aliphatic heterocycles. The molecule has 1 aromatic carbocycles. The number of carbonyl (C=O) groups is 2. The maximum Gasteiger partial charge on any atom is 0.416 e. The number of nitrogens with zero attached hydrogens (tertiary/aromatic N) is 2. The molecule has 1 unspecified atom stereocenters. The molecule has 11 heteroatoms. The lowest BCUT2D eigenvalue weighted by atomic mass is 9.99. The van der Waals surface area contributed by atoms with Crippen molar-refractivity contribution in [1.82, 2.24) is 26.6 Å². The lowest BCUT2D eigenvalue weighted by Gasteiger charge is -2.17. The summed E-state index contributed by atoms with van der Waals surface area (Å²) in [5.41, 5.74) is 7.36. The third kappa shape index (κ3) is 7.59. The zero-order valence-electron chi connectivity index (χ0n) is 20.2. The van der Waals surface area contributed by atoms with E-state index >= 15 is 0 Å². The highest BCUT2D eigenvalue weighted by molar-refractivity contribution is 5.95. The van der Waals surface area contributed by atoms with Crippen molar-refractivity contribution in [3.05, 3.63) is 94.9 Å². The number of carbonyl (C=O) groups excluding carboxylic acids is 2. The molecular formula is C26H27F3N6O2. The summed E-state index contributed by atoms with van der Waals surface area (Å²) < 4.78 is 38.3. The van der Waals surface area contributed by atoms with Gasteiger partial charge in [-0.1, -0.05) is 54.2 Å².